The van der Waals surface area contributed by atoms with Gasteiger partial charge in [-0.1, -0.05) is 12.1 Å². The average Bonchev–Trinajstić information content (AvgIpc) is 2.91. The van der Waals surface area contributed by atoms with Crippen molar-refractivity contribution in [3.05, 3.63) is 59.5 Å². The summed E-state index contributed by atoms with van der Waals surface area (Å²) >= 11 is 0. The molecule has 1 heterocycles. The number of amides is 1. The molecule has 5 heteroatoms. The second-order valence-corrected chi connectivity index (χ2v) is 5.66. The van der Waals surface area contributed by atoms with E-state index in [1.54, 1.807) is 0 Å². The predicted octanol–water partition coefficient (Wildman–Crippen LogP) is 3.13. The average molecular weight is 309 g/mol. The van der Waals surface area contributed by atoms with E-state index >= 15 is 0 Å². The van der Waals surface area contributed by atoms with Crippen LogP contribution in [0.25, 0.3) is 11.1 Å². The normalized spacial score (nSPS) is 10.7. The zero-order valence-corrected chi connectivity index (χ0v) is 13.5. The molecule has 0 spiro atoms. The SMILES string of the molecule is Cc1nc2cc(CNC(=O)c3cccc(N(C)C)c3)ccc2o1. The summed E-state index contributed by atoms with van der Waals surface area (Å²) in [5, 5.41) is 2.94. The van der Waals surface area contributed by atoms with Crippen molar-refractivity contribution < 1.29 is 9.21 Å². The highest BCUT2D eigenvalue weighted by atomic mass is 16.3. The first-order valence-electron chi connectivity index (χ1n) is 7.44. The second-order valence-electron chi connectivity index (χ2n) is 5.66. The van der Waals surface area contributed by atoms with Gasteiger partial charge in [0.1, 0.15) is 5.52 Å². The molecule has 0 saturated carbocycles. The third-order valence-electron chi connectivity index (χ3n) is 3.64. The number of benzene rings is 2. The van der Waals surface area contributed by atoms with Crippen LogP contribution in [0.15, 0.2) is 46.9 Å². The number of aromatic nitrogens is 1. The Hall–Kier alpha value is -2.82. The van der Waals surface area contributed by atoms with Gasteiger partial charge in [-0.3, -0.25) is 4.79 Å². The molecule has 1 N–H and O–H groups in total. The zero-order valence-electron chi connectivity index (χ0n) is 13.5. The van der Waals surface area contributed by atoms with E-state index in [2.05, 4.69) is 10.3 Å². The van der Waals surface area contributed by atoms with Crippen molar-refractivity contribution in [2.24, 2.45) is 0 Å². The van der Waals surface area contributed by atoms with Crippen LogP contribution in [0.4, 0.5) is 5.69 Å². The zero-order chi connectivity index (χ0) is 16.4. The molecule has 0 aliphatic rings. The molecule has 1 aromatic heterocycles. The Kier molecular flexibility index (Phi) is 4.02. The van der Waals surface area contributed by atoms with Gasteiger partial charge in [-0.05, 0) is 35.9 Å². The summed E-state index contributed by atoms with van der Waals surface area (Å²) in [7, 11) is 3.90. The lowest BCUT2D eigenvalue weighted by molar-refractivity contribution is 0.0951. The van der Waals surface area contributed by atoms with Gasteiger partial charge in [0.15, 0.2) is 11.5 Å². The maximum atomic E-state index is 12.3. The summed E-state index contributed by atoms with van der Waals surface area (Å²) in [6.45, 7) is 2.27. The number of carbonyl (C=O) groups is 1. The molecule has 0 aliphatic carbocycles. The second kappa shape index (κ2) is 6.12. The maximum absolute atomic E-state index is 12.3. The summed E-state index contributed by atoms with van der Waals surface area (Å²) in [6, 6.07) is 13.3. The first-order chi connectivity index (χ1) is 11.0. The molecule has 0 saturated heterocycles. The lowest BCUT2D eigenvalue weighted by Gasteiger charge is -2.13. The Morgan fingerprint density at radius 1 is 1.22 bits per heavy atom. The Bertz CT molecular complexity index is 852. The topological polar surface area (TPSA) is 58.4 Å². The number of anilines is 1. The van der Waals surface area contributed by atoms with Crippen molar-refractivity contribution in [2.45, 2.75) is 13.5 Å². The van der Waals surface area contributed by atoms with Gasteiger partial charge in [0.2, 0.25) is 0 Å². The molecule has 0 aliphatic heterocycles. The first-order valence-corrected chi connectivity index (χ1v) is 7.44. The van der Waals surface area contributed by atoms with Gasteiger partial charge in [0.05, 0.1) is 0 Å². The summed E-state index contributed by atoms with van der Waals surface area (Å²) in [4.78, 5) is 18.6. The molecule has 3 rings (SSSR count). The molecule has 1 amide bonds. The fourth-order valence-corrected chi connectivity index (χ4v) is 2.41. The number of fused-ring (bicyclic) bond motifs is 1. The molecule has 0 fully saturated rings. The largest absolute Gasteiger partial charge is 0.441 e. The number of rotatable bonds is 4. The highest BCUT2D eigenvalue weighted by Gasteiger charge is 2.08. The minimum Gasteiger partial charge on any atom is -0.441 e. The number of oxazole rings is 1. The van der Waals surface area contributed by atoms with Crippen molar-refractivity contribution in [3.8, 4) is 0 Å². The van der Waals surface area contributed by atoms with E-state index in [0.29, 0.717) is 18.0 Å². The Morgan fingerprint density at radius 2 is 2.04 bits per heavy atom. The van der Waals surface area contributed by atoms with E-state index in [-0.39, 0.29) is 5.91 Å². The van der Waals surface area contributed by atoms with E-state index < -0.39 is 0 Å². The fourth-order valence-electron chi connectivity index (χ4n) is 2.41. The standard InChI is InChI=1S/C18H19N3O2/c1-12-20-16-9-13(7-8-17(16)23-12)11-19-18(22)14-5-4-6-15(10-14)21(2)3/h4-10H,11H2,1-3H3,(H,19,22). The molecule has 3 aromatic rings. The third kappa shape index (κ3) is 3.34. The Balaban J connectivity index is 1.71. The fraction of sp³-hybridized carbons (Fsp3) is 0.222. The smallest absolute Gasteiger partial charge is 0.251 e. The molecule has 23 heavy (non-hydrogen) atoms. The first kappa shape index (κ1) is 15.1. The van der Waals surface area contributed by atoms with Gasteiger partial charge in [-0.2, -0.15) is 0 Å². The number of carbonyl (C=O) groups excluding carboxylic acids is 1. The van der Waals surface area contributed by atoms with Crippen LogP contribution in [0, 0.1) is 6.92 Å². The molecule has 0 bridgehead atoms. The number of hydrogen-bond donors (Lipinski definition) is 1. The van der Waals surface area contributed by atoms with E-state index in [1.807, 2.05) is 68.4 Å². The maximum Gasteiger partial charge on any atom is 0.251 e. The van der Waals surface area contributed by atoms with Crippen LogP contribution < -0.4 is 10.2 Å². The summed E-state index contributed by atoms with van der Waals surface area (Å²) in [5.74, 6) is 0.548. The van der Waals surface area contributed by atoms with Crippen molar-refractivity contribution in [2.75, 3.05) is 19.0 Å². The number of nitrogens with zero attached hydrogens (tertiary/aromatic N) is 2. The van der Waals surface area contributed by atoms with Crippen LogP contribution in [-0.2, 0) is 6.54 Å². The van der Waals surface area contributed by atoms with Crippen LogP contribution in [0.3, 0.4) is 0 Å². The van der Waals surface area contributed by atoms with Crippen molar-refractivity contribution in [3.63, 3.8) is 0 Å². The highest BCUT2D eigenvalue weighted by molar-refractivity contribution is 5.95. The van der Waals surface area contributed by atoms with E-state index in [0.717, 1.165) is 22.4 Å². The molecule has 5 nitrogen and oxygen atoms in total. The Labute approximate surface area is 134 Å². The van der Waals surface area contributed by atoms with Gasteiger partial charge >= 0.3 is 0 Å². The van der Waals surface area contributed by atoms with Crippen LogP contribution >= 0.6 is 0 Å². The molecule has 0 unspecified atom stereocenters. The van der Waals surface area contributed by atoms with Crippen LogP contribution in [0.1, 0.15) is 21.8 Å². The van der Waals surface area contributed by atoms with Crippen molar-refractivity contribution in [1.29, 1.82) is 0 Å². The minimum atomic E-state index is -0.0925. The van der Waals surface area contributed by atoms with Crippen LogP contribution in [0.2, 0.25) is 0 Å². The predicted molar refractivity (Wildman–Crippen MR) is 90.7 cm³/mol. The van der Waals surface area contributed by atoms with Crippen molar-refractivity contribution in [1.82, 2.24) is 10.3 Å². The molecular formula is C18H19N3O2. The lowest BCUT2D eigenvalue weighted by atomic mass is 10.1. The monoisotopic (exact) mass is 309 g/mol. The van der Waals surface area contributed by atoms with Gasteiger partial charge in [0.25, 0.3) is 5.91 Å². The molecular weight excluding hydrogens is 290 g/mol. The van der Waals surface area contributed by atoms with Gasteiger partial charge < -0.3 is 14.6 Å². The number of nitrogens with one attached hydrogen (secondary N) is 1. The summed E-state index contributed by atoms with van der Waals surface area (Å²) < 4.78 is 5.45. The van der Waals surface area contributed by atoms with E-state index in [1.165, 1.54) is 0 Å². The van der Waals surface area contributed by atoms with Gasteiger partial charge in [-0.25, -0.2) is 4.98 Å². The minimum absolute atomic E-state index is 0.0925. The van der Waals surface area contributed by atoms with E-state index in [4.69, 9.17) is 4.42 Å². The third-order valence-corrected chi connectivity index (χ3v) is 3.64. The quantitative estimate of drug-likeness (QED) is 0.804. The van der Waals surface area contributed by atoms with Crippen LogP contribution in [0.5, 0.6) is 0 Å². The van der Waals surface area contributed by atoms with Crippen molar-refractivity contribution >= 4 is 22.7 Å². The summed E-state index contributed by atoms with van der Waals surface area (Å²) in [6.07, 6.45) is 0. The molecule has 118 valence electrons. The highest BCUT2D eigenvalue weighted by Crippen LogP contribution is 2.17. The van der Waals surface area contributed by atoms with E-state index in [9.17, 15) is 4.79 Å². The van der Waals surface area contributed by atoms with Gasteiger partial charge in [0, 0.05) is 38.8 Å². The number of aryl methyl sites for hydroxylation is 1. The molecule has 2 aromatic carbocycles. The summed E-state index contributed by atoms with van der Waals surface area (Å²) in [5.41, 5.74) is 4.20. The number of hydrogen-bond acceptors (Lipinski definition) is 4. The Morgan fingerprint density at radius 3 is 2.83 bits per heavy atom. The van der Waals surface area contributed by atoms with Crippen LogP contribution in [-0.4, -0.2) is 25.0 Å². The molecule has 0 atom stereocenters. The molecule has 0 radical (unpaired) electrons. The lowest BCUT2D eigenvalue weighted by Crippen LogP contribution is -2.23. The van der Waals surface area contributed by atoms with Gasteiger partial charge in [-0.15, -0.1) is 0 Å².